The predicted octanol–water partition coefficient (Wildman–Crippen LogP) is 8.13. The molecular formula is C22H17Cl3N4S. The first kappa shape index (κ1) is 22.2. The van der Waals surface area contributed by atoms with Crippen LogP contribution in [-0.4, -0.2) is 4.57 Å². The summed E-state index contributed by atoms with van der Waals surface area (Å²) in [5.41, 5.74) is 4.35. The molecule has 0 aliphatic rings. The van der Waals surface area contributed by atoms with Gasteiger partial charge < -0.3 is 4.57 Å². The van der Waals surface area contributed by atoms with Crippen LogP contribution in [0.15, 0.2) is 93.4 Å². The minimum absolute atomic E-state index is 0. The van der Waals surface area contributed by atoms with E-state index < -0.39 is 0 Å². The summed E-state index contributed by atoms with van der Waals surface area (Å²) in [4.78, 5) is 5.60. The van der Waals surface area contributed by atoms with Gasteiger partial charge >= 0.3 is 0 Å². The van der Waals surface area contributed by atoms with Gasteiger partial charge in [0.25, 0.3) is 0 Å². The molecule has 0 saturated carbocycles. The van der Waals surface area contributed by atoms with Crippen molar-refractivity contribution in [3.63, 3.8) is 0 Å². The van der Waals surface area contributed by atoms with Crippen molar-refractivity contribution in [1.29, 1.82) is 0 Å². The molecule has 0 saturated heterocycles. The molecule has 0 bridgehead atoms. The van der Waals surface area contributed by atoms with E-state index in [0.29, 0.717) is 10.0 Å². The normalized spacial score (nSPS) is 11.6. The molecule has 0 spiro atoms. The van der Waals surface area contributed by atoms with E-state index in [1.165, 1.54) is 0 Å². The van der Waals surface area contributed by atoms with Crippen molar-refractivity contribution in [2.75, 3.05) is 0 Å². The van der Waals surface area contributed by atoms with Crippen molar-refractivity contribution in [2.24, 2.45) is 22.3 Å². The molecule has 4 aromatic rings. The van der Waals surface area contributed by atoms with Crippen molar-refractivity contribution < 1.29 is 0 Å². The molecule has 0 aliphatic heterocycles. The minimum atomic E-state index is 0. The van der Waals surface area contributed by atoms with Crippen LogP contribution in [0, 0.1) is 0 Å². The maximum absolute atomic E-state index is 6.35. The Hall–Kier alpha value is -2.44. The van der Waals surface area contributed by atoms with E-state index >= 15 is 0 Å². The van der Waals surface area contributed by atoms with Gasteiger partial charge in [-0.1, -0.05) is 41.4 Å². The fraction of sp³-hybridized carbons (Fsp3) is 0.0455. The van der Waals surface area contributed by atoms with Gasteiger partial charge in [-0.25, -0.2) is 4.99 Å². The minimum Gasteiger partial charge on any atom is -0.319 e. The summed E-state index contributed by atoms with van der Waals surface area (Å²) in [6, 6.07) is 22.8. The fourth-order valence-electron chi connectivity index (χ4n) is 2.73. The van der Waals surface area contributed by atoms with Crippen LogP contribution in [0.1, 0.15) is 0 Å². The van der Waals surface area contributed by atoms with E-state index in [9.17, 15) is 0 Å². The molecule has 30 heavy (non-hydrogen) atoms. The van der Waals surface area contributed by atoms with Gasteiger partial charge in [-0.05, 0) is 54.6 Å². The second-order valence-electron chi connectivity index (χ2n) is 6.25. The van der Waals surface area contributed by atoms with Crippen LogP contribution in [0.3, 0.4) is 0 Å². The Morgan fingerprint density at radius 3 is 2.10 bits per heavy atom. The molecule has 3 aromatic carbocycles. The highest BCUT2D eigenvalue weighted by atomic mass is 35.5. The van der Waals surface area contributed by atoms with Gasteiger partial charge in [0.05, 0.1) is 27.8 Å². The average Bonchev–Trinajstić information content (AvgIpc) is 3.08. The lowest BCUT2D eigenvalue weighted by molar-refractivity contribution is 0.883. The van der Waals surface area contributed by atoms with E-state index in [0.717, 1.165) is 33.1 Å². The van der Waals surface area contributed by atoms with Crippen LogP contribution < -0.4 is 4.80 Å². The Balaban J connectivity index is 0.00000256. The van der Waals surface area contributed by atoms with E-state index in [-0.39, 0.29) is 12.4 Å². The van der Waals surface area contributed by atoms with E-state index in [2.05, 4.69) is 10.2 Å². The molecule has 0 radical (unpaired) electrons. The Bertz CT molecular complexity index is 1230. The highest BCUT2D eigenvalue weighted by molar-refractivity contribution is 7.07. The Morgan fingerprint density at radius 1 is 0.800 bits per heavy atom. The number of aromatic nitrogens is 1. The molecule has 0 atom stereocenters. The Morgan fingerprint density at radius 2 is 1.43 bits per heavy atom. The monoisotopic (exact) mass is 474 g/mol. The lowest BCUT2D eigenvalue weighted by Gasteiger charge is -2.05. The second kappa shape index (κ2) is 10.0. The van der Waals surface area contributed by atoms with Gasteiger partial charge in [-0.15, -0.1) is 23.7 Å². The molecule has 4 rings (SSSR count). The van der Waals surface area contributed by atoms with Gasteiger partial charge in [0.1, 0.15) is 0 Å². The van der Waals surface area contributed by atoms with E-state index in [4.69, 9.17) is 28.2 Å². The highest BCUT2D eigenvalue weighted by Gasteiger charge is 2.09. The topological polar surface area (TPSA) is 42.0 Å². The van der Waals surface area contributed by atoms with Gasteiger partial charge in [0.2, 0.25) is 0 Å². The van der Waals surface area contributed by atoms with Gasteiger partial charge in [-0.3, -0.25) is 0 Å². The van der Waals surface area contributed by atoms with Crippen LogP contribution in [-0.2, 0) is 7.05 Å². The number of azo groups is 1. The van der Waals surface area contributed by atoms with Crippen molar-refractivity contribution in [3.05, 3.63) is 93.0 Å². The number of thiazole rings is 1. The highest BCUT2D eigenvalue weighted by Crippen LogP contribution is 2.30. The van der Waals surface area contributed by atoms with Crippen LogP contribution in [0.5, 0.6) is 0 Å². The van der Waals surface area contributed by atoms with Crippen molar-refractivity contribution >= 4 is 64.0 Å². The van der Waals surface area contributed by atoms with Crippen molar-refractivity contribution in [3.8, 4) is 11.3 Å². The molecule has 0 amide bonds. The lowest BCUT2D eigenvalue weighted by Crippen LogP contribution is -2.10. The van der Waals surface area contributed by atoms with Gasteiger partial charge in [0.15, 0.2) is 4.80 Å². The summed E-state index contributed by atoms with van der Waals surface area (Å²) in [5.74, 6) is 0. The lowest BCUT2D eigenvalue weighted by atomic mass is 10.2. The van der Waals surface area contributed by atoms with Crippen LogP contribution in [0.4, 0.5) is 17.1 Å². The predicted molar refractivity (Wildman–Crippen MR) is 128 cm³/mol. The van der Waals surface area contributed by atoms with Gasteiger partial charge in [-0.2, -0.15) is 10.2 Å². The maximum Gasteiger partial charge on any atom is 0.190 e. The molecule has 4 nitrogen and oxygen atoms in total. The SMILES string of the molecule is Cl.Cn1c(-c2ccc(Cl)cc2Cl)csc1=Nc1ccc(N=Nc2ccccc2)cc1. The number of halogens is 3. The third kappa shape index (κ3) is 5.18. The second-order valence-corrected chi connectivity index (χ2v) is 7.93. The zero-order chi connectivity index (χ0) is 20.2. The van der Waals surface area contributed by atoms with Crippen LogP contribution >= 0.6 is 46.9 Å². The molecular weight excluding hydrogens is 459 g/mol. The number of rotatable bonds is 4. The smallest absolute Gasteiger partial charge is 0.190 e. The quantitative estimate of drug-likeness (QED) is 0.267. The van der Waals surface area contributed by atoms with E-state index in [1.54, 1.807) is 17.4 Å². The summed E-state index contributed by atoms with van der Waals surface area (Å²) >= 11 is 13.9. The zero-order valence-corrected chi connectivity index (χ0v) is 19.0. The molecule has 0 fully saturated rings. The summed E-state index contributed by atoms with van der Waals surface area (Å²) in [5, 5.41) is 11.8. The van der Waals surface area contributed by atoms with Crippen LogP contribution in [0.25, 0.3) is 11.3 Å². The fourth-order valence-corrected chi connectivity index (χ4v) is 4.15. The first-order valence-electron chi connectivity index (χ1n) is 8.82. The first-order valence-corrected chi connectivity index (χ1v) is 10.5. The number of benzene rings is 3. The largest absolute Gasteiger partial charge is 0.319 e. The molecule has 0 N–H and O–H groups in total. The molecule has 1 aromatic heterocycles. The third-order valence-corrected chi connectivity index (χ3v) is 5.71. The molecule has 0 aliphatic carbocycles. The number of hydrogen-bond acceptors (Lipinski definition) is 4. The summed E-state index contributed by atoms with van der Waals surface area (Å²) in [7, 11) is 1.97. The van der Waals surface area contributed by atoms with Crippen LogP contribution in [0.2, 0.25) is 10.0 Å². The summed E-state index contributed by atoms with van der Waals surface area (Å²) in [6.45, 7) is 0. The number of hydrogen-bond donors (Lipinski definition) is 0. The third-order valence-electron chi connectivity index (χ3n) is 4.24. The molecule has 0 unspecified atom stereocenters. The Labute approximate surface area is 194 Å². The standard InChI is InChI=1S/C22H16Cl2N4S.ClH/c1-28-21(19-12-7-15(23)13-20(19)24)14-29-22(28)25-16-8-10-18(11-9-16)27-26-17-5-3-2-4-6-17;/h2-14H,1H3;1H. The first-order chi connectivity index (χ1) is 14.1. The summed E-state index contributed by atoms with van der Waals surface area (Å²) < 4.78 is 2.02. The Kier molecular flexibility index (Phi) is 7.45. The van der Waals surface area contributed by atoms with Crippen molar-refractivity contribution in [2.45, 2.75) is 0 Å². The summed E-state index contributed by atoms with van der Waals surface area (Å²) in [6.07, 6.45) is 0. The molecule has 8 heteroatoms. The molecule has 1 heterocycles. The maximum atomic E-state index is 6.35. The van der Waals surface area contributed by atoms with Gasteiger partial charge in [0, 0.05) is 23.0 Å². The molecule has 152 valence electrons. The van der Waals surface area contributed by atoms with Crippen molar-refractivity contribution in [1.82, 2.24) is 4.57 Å². The average molecular weight is 476 g/mol. The number of nitrogens with zero attached hydrogens (tertiary/aromatic N) is 4. The zero-order valence-electron chi connectivity index (χ0n) is 15.9. The van der Waals surface area contributed by atoms with E-state index in [1.807, 2.05) is 83.7 Å².